The second kappa shape index (κ2) is 17.1. The van der Waals surface area contributed by atoms with Crippen LogP contribution < -0.4 is 4.74 Å². The van der Waals surface area contributed by atoms with Gasteiger partial charge in [-0.15, -0.1) is 0 Å². The van der Waals surface area contributed by atoms with Crippen molar-refractivity contribution in [3.63, 3.8) is 0 Å². The highest BCUT2D eigenvalue weighted by atomic mass is 16.5. The number of ether oxygens (including phenoxy) is 3. The number of hydrogen-bond acceptors (Lipinski definition) is 6. The second-order valence-electron chi connectivity index (χ2n) is 10.2. The van der Waals surface area contributed by atoms with Gasteiger partial charge in [0.1, 0.15) is 11.9 Å². The summed E-state index contributed by atoms with van der Waals surface area (Å²) in [6, 6.07) is 17.6. The van der Waals surface area contributed by atoms with Gasteiger partial charge in [0.15, 0.2) is 0 Å². The maximum atomic E-state index is 12.0. The van der Waals surface area contributed by atoms with Crippen molar-refractivity contribution in [3.8, 4) is 22.9 Å². The molecule has 1 aliphatic rings. The molecule has 0 radical (unpaired) electrons. The quantitative estimate of drug-likeness (QED) is 0.134. The van der Waals surface area contributed by atoms with Crippen LogP contribution >= 0.6 is 0 Å². The highest BCUT2D eigenvalue weighted by molar-refractivity contribution is 5.91. The van der Waals surface area contributed by atoms with E-state index in [9.17, 15) is 9.59 Å². The van der Waals surface area contributed by atoms with Gasteiger partial charge in [0, 0.05) is 12.2 Å². The summed E-state index contributed by atoms with van der Waals surface area (Å²) in [6.07, 6.45) is 13.7. The van der Waals surface area contributed by atoms with E-state index < -0.39 is 11.9 Å². The zero-order chi connectivity index (χ0) is 27.7. The van der Waals surface area contributed by atoms with Gasteiger partial charge in [0.05, 0.1) is 24.8 Å². The van der Waals surface area contributed by atoms with Gasteiger partial charge < -0.3 is 14.2 Å². The molecule has 0 atom stereocenters. The van der Waals surface area contributed by atoms with Crippen LogP contribution in [0.5, 0.6) is 5.75 Å². The van der Waals surface area contributed by atoms with E-state index in [0.29, 0.717) is 18.8 Å². The topological polar surface area (TPSA) is 85.6 Å². The molecule has 3 rings (SSSR count). The average molecular weight is 532 g/mol. The van der Waals surface area contributed by atoms with Gasteiger partial charge in [-0.2, -0.15) is 5.26 Å². The van der Waals surface area contributed by atoms with Crippen LogP contribution in [0.1, 0.15) is 83.1 Å². The van der Waals surface area contributed by atoms with Crippen molar-refractivity contribution in [2.45, 2.75) is 83.7 Å². The zero-order valence-electron chi connectivity index (χ0n) is 23.1. The number of carbonyl (C=O) groups excluding carboxylic acids is 2. The predicted octanol–water partition coefficient (Wildman–Crippen LogP) is 7.56. The second-order valence-corrected chi connectivity index (χ2v) is 10.2. The van der Waals surface area contributed by atoms with E-state index in [4.69, 9.17) is 19.5 Å². The molecular weight excluding hydrogens is 490 g/mol. The largest absolute Gasteiger partial charge is 0.494 e. The van der Waals surface area contributed by atoms with Crippen LogP contribution in [0, 0.1) is 17.2 Å². The summed E-state index contributed by atoms with van der Waals surface area (Å²) >= 11 is 0. The van der Waals surface area contributed by atoms with Crippen molar-refractivity contribution in [2.24, 2.45) is 5.92 Å². The highest BCUT2D eigenvalue weighted by Gasteiger charge is 2.23. The third-order valence-electron chi connectivity index (χ3n) is 7.15. The number of benzene rings is 2. The Bertz CT molecular complexity index is 1080. The first kappa shape index (κ1) is 30.0. The van der Waals surface area contributed by atoms with Gasteiger partial charge in [-0.05, 0) is 92.7 Å². The zero-order valence-corrected chi connectivity index (χ0v) is 23.1. The third-order valence-corrected chi connectivity index (χ3v) is 7.15. The minimum absolute atomic E-state index is 0.0340. The molecule has 0 bridgehead atoms. The summed E-state index contributed by atoms with van der Waals surface area (Å²) in [5.41, 5.74) is 2.79. The number of nitriles is 1. The maximum Gasteiger partial charge on any atom is 0.331 e. The minimum Gasteiger partial charge on any atom is -0.494 e. The normalized spacial score (nSPS) is 16.9. The first-order valence-corrected chi connectivity index (χ1v) is 14.4. The van der Waals surface area contributed by atoms with Gasteiger partial charge in [0.25, 0.3) is 0 Å². The van der Waals surface area contributed by atoms with Crippen LogP contribution in [0.3, 0.4) is 0 Å². The third kappa shape index (κ3) is 11.4. The summed E-state index contributed by atoms with van der Waals surface area (Å²) in [5, 5.41) is 8.92. The predicted molar refractivity (Wildman–Crippen MR) is 152 cm³/mol. The van der Waals surface area contributed by atoms with Gasteiger partial charge in [-0.25, -0.2) is 9.59 Å². The molecule has 2 aromatic rings. The number of hydrogen-bond donors (Lipinski definition) is 0. The summed E-state index contributed by atoms with van der Waals surface area (Å²) < 4.78 is 16.5. The van der Waals surface area contributed by atoms with Crippen LogP contribution in [0.15, 0.2) is 60.7 Å². The molecule has 0 amide bonds. The summed E-state index contributed by atoms with van der Waals surface area (Å²) in [6.45, 7) is 3.17. The number of nitrogens with zero attached hydrogens (tertiary/aromatic N) is 1. The lowest BCUT2D eigenvalue weighted by Crippen LogP contribution is -2.24. The lowest BCUT2D eigenvalue weighted by Gasteiger charge is -2.27. The van der Waals surface area contributed by atoms with Crippen molar-refractivity contribution < 1.29 is 23.8 Å². The van der Waals surface area contributed by atoms with E-state index in [-0.39, 0.29) is 6.10 Å². The molecule has 0 heterocycles. The van der Waals surface area contributed by atoms with Crippen molar-refractivity contribution >= 4 is 11.9 Å². The standard InChI is InChI=1S/C33H41NO5/c1-2-3-8-26-11-17-31(18-12-26)39-33(36)22-21-32(35)38-24-7-5-4-6-23-37-30-19-15-29(16-20-30)28-13-9-27(25-34)10-14-28/h9-10,13-16,19-22,26,31H,2-8,11-12,17-18,23-24H2,1H3. The smallest absolute Gasteiger partial charge is 0.331 e. The first-order valence-electron chi connectivity index (χ1n) is 14.4. The van der Waals surface area contributed by atoms with Gasteiger partial charge in [-0.3, -0.25) is 0 Å². The van der Waals surface area contributed by atoms with E-state index >= 15 is 0 Å². The molecule has 0 aromatic heterocycles. The average Bonchev–Trinajstić information content (AvgIpc) is 2.97. The molecule has 208 valence electrons. The Kier molecular flexibility index (Phi) is 13.1. The van der Waals surface area contributed by atoms with E-state index in [1.54, 1.807) is 0 Å². The number of rotatable bonds is 15. The summed E-state index contributed by atoms with van der Waals surface area (Å²) in [7, 11) is 0. The molecule has 39 heavy (non-hydrogen) atoms. The Hall–Kier alpha value is -3.59. The Morgan fingerprint density at radius 2 is 1.44 bits per heavy atom. The molecular formula is C33H41NO5. The SMILES string of the molecule is CCCCC1CCC(OC(=O)C=CC(=O)OCCCCCCOc2ccc(-c3ccc(C#N)cc3)cc2)CC1. The molecule has 1 saturated carbocycles. The maximum absolute atomic E-state index is 12.0. The van der Waals surface area contributed by atoms with Crippen molar-refractivity contribution in [2.75, 3.05) is 13.2 Å². The summed E-state index contributed by atoms with van der Waals surface area (Å²) in [4.78, 5) is 23.9. The molecule has 0 N–H and O–H groups in total. The lowest BCUT2D eigenvalue weighted by atomic mass is 9.84. The lowest BCUT2D eigenvalue weighted by molar-refractivity contribution is -0.145. The van der Waals surface area contributed by atoms with Gasteiger partial charge in [-0.1, -0.05) is 50.5 Å². The first-order chi connectivity index (χ1) is 19.1. The van der Waals surface area contributed by atoms with E-state index in [0.717, 1.165) is 80.2 Å². The number of carbonyl (C=O) groups is 2. The monoisotopic (exact) mass is 531 g/mol. The Labute approximate surface area is 233 Å². The Morgan fingerprint density at radius 1 is 0.821 bits per heavy atom. The van der Waals surface area contributed by atoms with Gasteiger partial charge in [0.2, 0.25) is 0 Å². The van der Waals surface area contributed by atoms with E-state index in [1.807, 2.05) is 48.5 Å². The molecule has 0 spiro atoms. The molecule has 1 aliphatic carbocycles. The minimum atomic E-state index is -0.511. The number of unbranched alkanes of at least 4 members (excludes halogenated alkanes) is 4. The van der Waals surface area contributed by atoms with E-state index in [2.05, 4.69) is 13.0 Å². The summed E-state index contributed by atoms with van der Waals surface area (Å²) in [5.74, 6) is 0.611. The van der Waals surface area contributed by atoms with Gasteiger partial charge >= 0.3 is 11.9 Å². The van der Waals surface area contributed by atoms with Crippen LogP contribution in [-0.4, -0.2) is 31.3 Å². The van der Waals surface area contributed by atoms with Crippen molar-refractivity contribution in [1.29, 1.82) is 5.26 Å². The van der Waals surface area contributed by atoms with E-state index in [1.165, 1.54) is 25.3 Å². The Morgan fingerprint density at radius 3 is 2.08 bits per heavy atom. The van der Waals surface area contributed by atoms with Crippen molar-refractivity contribution in [3.05, 3.63) is 66.2 Å². The molecule has 2 aromatic carbocycles. The molecule has 6 heteroatoms. The molecule has 0 saturated heterocycles. The molecule has 0 aliphatic heterocycles. The van der Waals surface area contributed by atoms with Crippen LogP contribution in [0.2, 0.25) is 0 Å². The van der Waals surface area contributed by atoms with Crippen molar-refractivity contribution in [1.82, 2.24) is 0 Å². The van der Waals surface area contributed by atoms with Crippen LogP contribution in [-0.2, 0) is 19.1 Å². The fourth-order valence-electron chi connectivity index (χ4n) is 4.82. The number of esters is 2. The Balaban J connectivity index is 1.19. The molecule has 0 unspecified atom stereocenters. The van der Waals surface area contributed by atoms with Crippen LogP contribution in [0.4, 0.5) is 0 Å². The molecule has 1 fully saturated rings. The highest BCUT2D eigenvalue weighted by Crippen LogP contribution is 2.30. The fourth-order valence-corrected chi connectivity index (χ4v) is 4.82. The molecule has 6 nitrogen and oxygen atoms in total. The fraction of sp³-hybridized carbons (Fsp3) is 0.485. The van der Waals surface area contributed by atoms with Crippen LogP contribution in [0.25, 0.3) is 11.1 Å².